The third kappa shape index (κ3) is 4.97. The van der Waals surface area contributed by atoms with Crippen molar-refractivity contribution in [3.05, 3.63) is 30.1 Å². The maximum atomic E-state index is 12.9. The minimum atomic E-state index is -3.71. The number of hydrogen-bond acceptors (Lipinski definition) is 4. The number of aliphatic hydroxyl groups is 1. The second-order valence-electron chi connectivity index (χ2n) is 6.38. The van der Waals surface area contributed by atoms with Gasteiger partial charge in [-0.15, -0.1) is 0 Å². The van der Waals surface area contributed by atoms with Crippen LogP contribution < -0.4 is 0 Å². The van der Waals surface area contributed by atoms with Crippen LogP contribution in [0.25, 0.3) is 0 Å². The van der Waals surface area contributed by atoms with Crippen molar-refractivity contribution in [3.63, 3.8) is 0 Å². The zero-order chi connectivity index (χ0) is 17.0. The Morgan fingerprint density at radius 2 is 1.87 bits per heavy atom. The zero-order valence-electron chi connectivity index (χ0n) is 13.7. The van der Waals surface area contributed by atoms with Crippen molar-refractivity contribution in [2.24, 2.45) is 5.92 Å². The largest absolute Gasteiger partial charge is 0.390 e. The van der Waals surface area contributed by atoms with Crippen molar-refractivity contribution < 1.29 is 17.9 Å². The van der Waals surface area contributed by atoms with Gasteiger partial charge in [0.1, 0.15) is 5.82 Å². The van der Waals surface area contributed by atoms with Crippen molar-refractivity contribution in [2.75, 3.05) is 33.2 Å². The first-order chi connectivity index (χ1) is 10.8. The first kappa shape index (κ1) is 18.3. The van der Waals surface area contributed by atoms with Crippen molar-refractivity contribution in [1.82, 2.24) is 9.21 Å². The molecule has 5 nitrogen and oxygen atoms in total. The summed E-state index contributed by atoms with van der Waals surface area (Å²) in [5, 5.41) is 10.2. The predicted octanol–water partition coefficient (Wildman–Crippen LogP) is 1.54. The second kappa shape index (κ2) is 7.70. The summed E-state index contributed by atoms with van der Waals surface area (Å²) in [7, 11) is -2.28. The molecule has 1 aromatic carbocycles. The summed E-state index contributed by atoms with van der Waals surface area (Å²) < 4.78 is 38.8. The number of β-amino-alcohol motifs (C(OH)–C–C–N with tert-alkyl or cyclic N) is 1. The van der Waals surface area contributed by atoms with E-state index >= 15 is 0 Å². The molecule has 1 saturated heterocycles. The van der Waals surface area contributed by atoms with Gasteiger partial charge in [0.05, 0.1) is 11.0 Å². The highest BCUT2D eigenvalue weighted by Crippen LogP contribution is 2.17. The summed E-state index contributed by atoms with van der Waals surface area (Å²) in [6.45, 7) is 4.58. The van der Waals surface area contributed by atoms with E-state index in [-0.39, 0.29) is 11.4 Å². The Bertz CT molecular complexity index is 598. The fourth-order valence-electron chi connectivity index (χ4n) is 2.78. The number of nitrogens with zero attached hydrogens (tertiary/aromatic N) is 2. The number of sulfonamides is 1. The lowest BCUT2D eigenvalue weighted by molar-refractivity contribution is 0.0813. The molecule has 1 aliphatic heterocycles. The zero-order valence-corrected chi connectivity index (χ0v) is 14.5. The normalized spacial score (nSPS) is 19.2. The minimum Gasteiger partial charge on any atom is -0.390 e. The van der Waals surface area contributed by atoms with Gasteiger partial charge >= 0.3 is 0 Å². The van der Waals surface area contributed by atoms with Gasteiger partial charge < -0.3 is 10.0 Å². The van der Waals surface area contributed by atoms with Crippen LogP contribution in [0.5, 0.6) is 0 Å². The number of likely N-dealkylation sites (tertiary alicyclic amines) is 1. The minimum absolute atomic E-state index is 0.0196. The molecular weight excluding hydrogens is 319 g/mol. The van der Waals surface area contributed by atoms with Crippen LogP contribution >= 0.6 is 0 Å². The van der Waals surface area contributed by atoms with Crippen molar-refractivity contribution in [1.29, 1.82) is 0 Å². The molecule has 1 atom stereocenters. The lowest BCUT2D eigenvalue weighted by atomic mass is 9.99. The molecule has 0 saturated carbocycles. The fraction of sp³-hybridized carbons (Fsp3) is 0.625. The van der Waals surface area contributed by atoms with Gasteiger partial charge in [0.15, 0.2) is 0 Å². The van der Waals surface area contributed by atoms with Gasteiger partial charge in [0.25, 0.3) is 0 Å². The molecule has 1 aromatic rings. The van der Waals surface area contributed by atoms with E-state index < -0.39 is 21.9 Å². The molecule has 1 fully saturated rings. The smallest absolute Gasteiger partial charge is 0.242 e. The van der Waals surface area contributed by atoms with Crippen LogP contribution in [-0.2, 0) is 10.0 Å². The molecule has 0 spiro atoms. The first-order valence-corrected chi connectivity index (χ1v) is 9.35. The molecule has 1 heterocycles. The van der Waals surface area contributed by atoms with E-state index in [0.29, 0.717) is 12.5 Å². The quantitative estimate of drug-likeness (QED) is 0.850. The average molecular weight is 344 g/mol. The topological polar surface area (TPSA) is 60.9 Å². The van der Waals surface area contributed by atoms with E-state index in [2.05, 4.69) is 11.8 Å². The maximum absolute atomic E-state index is 12.9. The second-order valence-corrected chi connectivity index (χ2v) is 8.42. The Balaban J connectivity index is 1.92. The van der Waals surface area contributed by atoms with Gasteiger partial charge in [-0.05, 0) is 56.1 Å². The summed E-state index contributed by atoms with van der Waals surface area (Å²) >= 11 is 0. The molecule has 0 unspecified atom stereocenters. The average Bonchev–Trinajstić information content (AvgIpc) is 2.50. The van der Waals surface area contributed by atoms with Gasteiger partial charge in [0, 0.05) is 20.1 Å². The number of hydrogen-bond donors (Lipinski definition) is 1. The number of piperidine rings is 1. The Hall–Kier alpha value is -1.02. The fourth-order valence-corrected chi connectivity index (χ4v) is 3.99. The molecule has 130 valence electrons. The lowest BCUT2D eigenvalue weighted by Crippen LogP contribution is -2.43. The van der Waals surface area contributed by atoms with Crippen LogP contribution in [0.4, 0.5) is 4.39 Å². The van der Waals surface area contributed by atoms with Crippen molar-refractivity contribution in [2.45, 2.75) is 30.8 Å². The summed E-state index contributed by atoms with van der Waals surface area (Å²) in [6.07, 6.45) is 1.47. The Labute approximate surface area is 137 Å². The van der Waals surface area contributed by atoms with Crippen LogP contribution in [0.15, 0.2) is 29.2 Å². The van der Waals surface area contributed by atoms with E-state index in [1.807, 2.05) is 0 Å². The Morgan fingerprint density at radius 1 is 1.30 bits per heavy atom. The third-order valence-corrected chi connectivity index (χ3v) is 6.17. The van der Waals surface area contributed by atoms with Crippen LogP contribution in [0.1, 0.15) is 19.8 Å². The van der Waals surface area contributed by atoms with E-state index in [1.54, 1.807) is 0 Å². The molecule has 0 aromatic heterocycles. The lowest BCUT2D eigenvalue weighted by Gasteiger charge is -2.32. The summed E-state index contributed by atoms with van der Waals surface area (Å²) in [6, 6.07) is 4.71. The van der Waals surface area contributed by atoms with Gasteiger partial charge in [0.2, 0.25) is 10.0 Å². The predicted molar refractivity (Wildman–Crippen MR) is 87.1 cm³/mol. The molecular formula is C16H25FN2O3S. The van der Waals surface area contributed by atoms with Crippen molar-refractivity contribution >= 4 is 10.0 Å². The van der Waals surface area contributed by atoms with E-state index in [9.17, 15) is 17.9 Å². The highest BCUT2D eigenvalue weighted by Gasteiger charge is 2.25. The molecule has 23 heavy (non-hydrogen) atoms. The van der Waals surface area contributed by atoms with Crippen molar-refractivity contribution in [3.8, 4) is 0 Å². The number of halogens is 1. The number of benzene rings is 1. The maximum Gasteiger partial charge on any atom is 0.242 e. The first-order valence-electron chi connectivity index (χ1n) is 7.91. The van der Waals surface area contributed by atoms with Gasteiger partial charge in [-0.25, -0.2) is 12.8 Å². The van der Waals surface area contributed by atoms with Crippen LogP contribution in [0.2, 0.25) is 0 Å². The van der Waals surface area contributed by atoms with Crippen LogP contribution in [-0.4, -0.2) is 62.1 Å². The molecule has 0 amide bonds. The molecule has 0 radical (unpaired) electrons. The van der Waals surface area contributed by atoms with E-state index in [1.165, 1.54) is 19.2 Å². The molecule has 1 aliphatic rings. The van der Waals surface area contributed by atoms with Gasteiger partial charge in [-0.2, -0.15) is 4.31 Å². The van der Waals surface area contributed by atoms with E-state index in [0.717, 1.165) is 42.4 Å². The molecule has 2 rings (SSSR count). The highest BCUT2D eigenvalue weighted by molar-refractivity contribution is 7.89. The number of likely N-dealkylation sites (N-methyl/N-ethyl adjacent to an activating group) is 1. The molecule has 1 N–H and O–H groups in total. The standard InChI is InChI=1S/C16H25FN2O3S/c1-13-7-9-19(10-8-13)12-15(20)11-18(2)23(21,22)16-5-3-14(17)4-6-16/h3-6,13,15,20H,7-12H2,1-2H3/t15-/m1/s1. The molecule has 0 aliphatic carbocycles. The Morgan fingerprint density at radius 3 is 2.43 bits per heavy atom. The van der Waals surface area contributed by atoms with Gasteiger partial charge in [-0.1, -0.05) is 6.92 Å². The van der Waals surface area contributed by atoms with Gasteiger partial charge in [-0.3, -0.25) is 0 Å². The van der Waals surface area contributed by atoms with E-state index in [4.69, 9.17) is 0 Å². The molecule has 7 heteroatoms. The summed E-state index contributed by atoms with van der Waals surface area (Å²) in [5.74, 6) is 0.232. The van der Waals surface area contributed by atoms with Crippen LogP contribution in [0.3, 0.4) is 0 Å². The highest BCUT2D eigenvalue weighted by atomic mass is 32.2. The number of aliphatic hydroxyl groups excluding tert-OH is 1. The van der Waals surface area contributed by atoms with Crippen LogP contribution in [0, 0.1) is 11.7 Å². The summed E-state index contributed by atoms with van der Waals surface area (Å²) in [5.41, 5.74) is 0. The Kier molecular flexibility index (Phi) is 6.13. The summed E-state index contributed by atoms with van der Waals surface area (Å²) in [4.78, 5) is 2.20. The monoisotopic (exact) mass is 344 g/mol. The number of rotatable bonds is 6. The molecule has 0 bridgehead atoms. The SMILES string of the molecule is CC1CCN(C[C@H](O)CN(C)S(=O)(=O)c2ccc(F)cc2)CC1. The third-order valence-electron chi connectivity index (χ3n) is 4.33.